The van der Waals surface area contributed by atoms with Crippen molar-refractivity contribution in [2.24, 2.45) is 7.05 Å². The molecule has 2 heterocycles. The first-order valence-electron chi connectivity index (χ1n) is 10.4. The Kier molecular flexibility index (Phi) is 6.96. The summed E-state index contributed by atoms with van der Waals surface area (Å²) in [5.41, 5.74) is -0.255. The highest BCUT2D eigenvalue weighted by Gasteiger charge is 2.32. The molecule has 0 radical (unpaired) electrons. The smallest absolute Gasteiger partial charge is 0.410 e. The Balaban J connectivity index is 1.83. The van der Waals surface area contributed by atoms with Crippen LogP contribution in [0, 0.1) is 10.1 Å². The van der Waals surface area contributed by atoms with Crippen LogP contribution < -0.4 is 15.8 Å². The molecule has 0 saturated carbocycles. The fourth-order valence-corrected chi connectivity index (χ4v) is 4.07. The first kappa shape index (κ1) is 24.5. The number of hydrogen-bond acceptors (Lipinski definition) is 8. The lowest BCUT2D eigenvalue weighted by Gasteiger charge is -2.41. The molecule has 1 aromatic carbocycles. The molecular formula is C21H27BrN6O5. The van der Waals surface area contributed by atoms with E-state index in [1.165, 1.54) is 16.8 Å². The summed E-state index contributed by atoms with van der Waals surface area (Å²) in [6.07, 6.45) is 1.13. The lowest BCUT2D eigenvalue weighted by molar-refractivity contribution is -0.384. The lowest BCUT2D eigenvalue weighted by Crippen LogP contribution is -2.54. The van der Waals surface area contributed by atoms with Crippen LogP contribution in [0.25, 0.3) is 0 Å². The predicted octanol–water partition coefficient (Wildman–Crippen LogP) is 3.64. The fourth-order valence-electron chi connectivity index (χ4n) is 3.59. The number of nitrogens with zero attached hydrogens (tertiary/aromatic N) is 5. The maximum Gasteiger partial charge on any atom is 0.410 e. The van der Waals surface area contributed by atoms with Crippen LogP contribution in [0.5, 0.6) is 0 Å². The Bertz CT molecular complexity index is 1130. The number of ether oxygens (including phenoxy) is 1. The molecule has 12 heteroatoms. The molecule has 0 aliphatic carbocycles. The van der Waals surface area contributed by atoms with Gasteiger partial charge in [-0.3, -0.25) is 14.9 Å². The third-order valence-electron chi connectivity index (χ3n) is 5.07. The summed E-state index contributed by atoms with van der Waals surface area (Å²) in [6, 6.07) is 4.52. The van der Waals surface area contributed by atoms with Crippen LogP contribution in [-0.4, -0.2) is 56.7 Å². The first-order chi connectivity index (χ1) is 15.4. The van der Waals surface area contributed by atoms with Gasteiger partial charge >= 0.3 is 6.09 Å². The van der Waals surface area contributed by atoms with Gasteiger partial charge in [-0.2, -0.15) is 0 Å². The number of benzene rings is 1. The van der Waals surface area contributed by atoms with Crippen molar-refractivity contribution in [3.63, 3.8) is 0 Å². The van der Waals surface area contributed by atoms with Gasteiger partial charge in [0.2, 0.25) is 0 Å². The first-order valence-corrected chi connectivity index (χ1v) is 11.2. The Hall–Kier alpha value is -3.15. The number of nitro benzene ring substituents is 1. The molecule has 1 aliphatic rings. The Morgan fingerprint density at radius 3 is 2.64 bits per heavy atom. The quantitative estimate of drug-likeness (QED) is 0.476. The Morgan fingerprint density at radius 2 is 2.03 bits per heavy atom. The van der Waals surface area contributed by atoms with Gasteiger partial charge in [0.15, 0.2) is 5.82 Å². The van der Waals surface area contributed by atoms with E-state index >= 15 is 0 Å². The van der Waals surface area contributed by atoms with Crippen LogP contribution in [-0.2, 0) is 11.8 Å². The average Bonchev–Trinajstić information content (AvgIpc) is 2.70. The molecule has 1 N–H and O–H groups in total. The number of rotatable bonds is 4. The molecular weight excluding hydrogens is 496 g/mol. The molecule has 33 heavy (non-hydrogen) atoms. The van der Waals surface area contributed by atoms with E-state index in [2.05, 4.69) is 26.2 Å². The van der Waals surface area contributed by atoms with Crippen LogP contribution in [0.3, 0.4) is 0 Å². The Labute approximate surface area is 199 Å². The standard InChI is InChI=1S/C21H27BrN6O5/c1-13-11-26(20(30)33-21(2,3)4)8-9-27(13)15-7-6-14(10-16(15)28(31)32)23-18-19(29)25(5)12-17(22)24-18/h6-7,10,12-13H,8-9,11H2,1-5H3,(H,23,24)/t13-/m0/s1. The Morgan fingerprint density at radius 1 is 1.33 bits per heavy atom. The van der Waals surface area contributed by atoms with Crippen molar-refractivity contribution in [3.05, 3.63) is 49.5 Å². The minimum absolute atomic E-state index is 0.0493. The monoisotopic (exact) mass is 522 g/mol. The third-order valence-corrected chi connectivity index (χ3v) is 5.45. The minimum Gasteiger partial charge on any atom is -0.444 e. The number of aryl methyl sites for hydroxylation is 1. The van der Waals surface area contributed by atoms with E-state index in [1.54, 1.807) is 24.1 Å². The summed E-state index contributed by atoms with van der Waals surface area (Å²) >= 11 is 3.24. The highest BCUT2D eigenvalue weighted by Crippen LogP contribution is 2.34. The second-order valence-electron chi connectivity index (χ2n) is 8.88. The molecule has 1 aliphatic heterocycles. The molecule has 1 aromatic heterocycles. The second-order valence-corrected chi connectivity index (χ2v) is 9.70. The number of carbonyl (C=O) groups excluding carboxylic acids is 1. The maximum absolute atomic E-state index is 12.4. The molecule has 2 aromatic rings. The van der Waals surface area contributed by atoms with Gasteiger partial charge in [0.1, 0.15) is 15.9 Å². The van der Waals surface area contributed by atoms with E-state index in [9.17, 15) is 19.7 Å². The van der Waals surface area contributed by atoms with E-state index in [4.69, 9.17) is 4.74 Å². The number of hydrogen-bond donors (Lipinski definition) is 1. The largest absolute Gasteiger partial charge is 0.444 e. The van der Waals surface area contributed by atoms with Crippen LogP contribution in [0.1, 0.15) is 27.7 Å². The van der Waals surface area contributed by atoms with E-state index in [-0.39, 0.29) is 23.1 Å². The normalized spacial score (nSPS) is 16.5. The number of halogens is 1. The molecule has 178 valence electrons. The summed E-state index contributed by atoms with van der Waals surface area (Å²) < 4.78 is 7.25. The van der Waals surface area contributed by atoms with Crippen molar-refractivity contribution in [3.8, 4) is 0 Å². The van der Waals surface area contributed by atoms with E-state index in [1.807, 2.05) is 32.6 Å². The van der Waals surface area contributed by atoms with Crippen LogP contribution >= 0.6 is 15.9 Å². The van der Waals surface area contributed by atoms with Gasteiger partial charge in [0.05, 0.1) is 4.92 Å². The topological polar surface area (TPSA) is 123 Å². The van der Waals surface area contributed by atoms with E-state index in [0.717, 1.165) is 0 Å². The summed E-state index contributed by atoms with van der Waals surface area (Å²) in [5.74, 6) is 0.0493. The van der Waals surface area contributed by atoms with Crippen LogP contribution in [0.4, 0.5) is 27.7 Å². The zero-order chi connectivity index (χ0) is 24.5. The molecule has 0 bridgehead atoms. The molecule has 1 saturated heterocycles. The van der Waals surface area contributed by atoms with Gasteiger partial charge in [-0.1, -0.05) is 0 Å². The lowest BCUT2D eigenvalue weighted by atomic mass is 10.1. The highest BCUT2D eigenvalue weighted by molar-refractivity contribution is 9.10. The van der Waals surface area contributed by atoms with Crippen LogP contribution in [0.2, 0.25) is 0 Å². The maximum atomic E-state index is 12.4. The van der Waals surface area contributed by atoms with Crippen molar-refractivity contribution in [1.82, 2.24) is 14.5 Å². The number of piperazine rings is 1. The zero-order valence-corrected chi connectivity index (χ0v) is 20.7. The number of nitrogens with one attached hydrogen (secondary N) is 1. The van der Waals surface area contributed by atoms with Crippen molar-refractivity contribution < 1.29 is 14.5 Å². The summed E-state index contributed by atoms with van der Waals surface area (Å²) in [5, 5.41) is 14.7. The fraction of sp³-hybridized carbons (Fsp3) is 0.476. The van der Waals surface area contributed by atoms with Gasteiger partial charge < -0.3 is 24.4 Å². The van der Waals surface area contributed by atoms with Crippen molar-refractivity contribution in [1.29, 1.82) is 0 Å². The number of amides is 1. The van der Waals surface area contributed by atoms with Gasteiger partial charge in [0.25, 0.3) is 11.2 Å². The van der Waals surface area contributed by atoms with Gasteiger partial charge in [-0.15, -0.1) is 0 Å². The molecule has 0 spiro atoms. The molecule has 1 amide bonds. The molecule has 1 atom stereocenters. The molecule has 0 unspecified atom stereocenters. The predicted molar refractivity (Wildman–Crippen MR) is 128 cm³/mol. The SMILES string of the molecule is C[C@H]1CN(C(=O)OC(C)(C)C)CCN1c1ccc(Nc2nc(Br)cn(C)c2=O)cc1[N+](=O)[O-]. The number of anilines is 3. The van der Waals surface area contributed by atoms with Gasteiger partial charge in [-0.25, -0.2) is 9.78 Å². The second kappa shape index (κ2) is 9.38. The van der Waals surface area contributed by atoms with Crippen LogP contribution in [0.15, 0.2) is 33.8 Å². The highest BCUT2D eigenvalue weighted by atomic mass is 79.9. The van der Waals surface area contributed by atoms with Crippen molar-refractivity contribution >= 4 is 44.9 Å². The van der Waals surface area contributed by atoms with E-state index in [0.29, 0.717) is 35.6 Å². The number of carbonyl (C=O) groups is 1. The van der Waals surface area contributed by atoms with E-state index < -0.39 is 16.6 Å². The molecule has 1 fully saturated rings. The van der Waals surface area contributed by atoms with Gasteiger partial charge in [0, 0.05) is 50.7 Å². The summed E-state index contributed by atoms with van der Waals surface area (Å²) in [6.45, 7) is 8.51. The zero-order valence-electron chi connectivity index (χ0n) is 19.2. The van der Waals surface area contributed by atoms with Crippen molar-refractivity contribution in [2.45, 2.75) is 39.3 Å². The molecule has 11 nitrogen and oxygen atoms in total. The van der Waals surface area contributed by atoms with Gasteiger partial charge in [-0.05, 0) is 55.8 Å². The number of nitro groups is 1. The van der Waals surface area contributed by atoms with Crippen molar-refractivity contribution in [2.75, 3.05) is 29.9 Å². The third kappa shape index (κ3) is 5.81. The molecule has 3 rings (SSSR count). The minimum atomic E-state index is -0.594. The summed E-state index contributed by atoms with van der Waals surface area (Å²) in [7, 11) is 1.59. The summed E-state index contributed by atoms with van der Waals surface area (Å²) in [4.78, 5) is 43.7. The number of aromatic nitrogens is 2. The average molecular weight is 523 g/mol.